The lowest BCUT2D eigenvalue weighted by atomic mass is 10.1. The van der Waals surface area contributed by atoms with E-state index in [4.69, 9.17) is 16.6 Å². The van der Waals surface area contributed by atoms with Crippen molar-refractivity contribution < 1.29 is 13.2 Å². The van der Waals surface area contributed by atoms with Gasteiger partial charge in [-0.05, 0) is 30.3 Å². The number of nitrogens with zero attached hydrogens (tertiary/aromatic N) is 2. The maximum atomic E-state index is 11.9. The molecule has 0 saturated carbocycles. The smallest absolute Gasteiger partial charge is 0.280 e. The highest BCUT2D eigenvalue weighted by Crippen LogP contribution is 2.30. The Labute approximate surface area is 139 Å². The fourth-order valence-corrected chi connectivity index (χ4v) is 2.91. The number of guanidine groups is 1. The Morgan fingerprint density at radius 3 is 2.25 bits per heavy atom. The van der Waals surface area contributed by atoms with E-state index >= 15 is 0 Å². The molecule has 0 spiro atoms. The molecule has 24 heavy (non-hydrogen) atoms. The third-order valence-corrected chi connectivity index (χ3v) is 4.19. The molecule has 1 amide bonds. The number of anilines is 2. The average molecular weight is 347 g/mol. The summed E-state index contributed by atoms with van der Waals surface area (Å²) in [5.41, 5.74) is 11.4. The lowest BCUT2D eigenvalue weighted by molar-refractivity contribution is 0.100. The summed E-state index contributed by atoms with van der Waals surface area (Å²) in [5.74, 6) is -1.17. The Kier molecular flexibility index (Phi) is 4.86. The van der Waals surface area contributed by atoms with Crippen LogP contribution in [0.25, 0.3) is 0 Å². The van der Waals surface area contributed by atoms with E-state index in [0.29, 0.717) is 5.69 Å². The van der Waals surface area contributed by atoms with Gasteiger partial charge in [0.25, 0.3) is 5.91 Å². The van der Waals surface area contributed by atoms with Gasteiger partial charge in [0.05, 0.1) is 5.69 Å². The second kappa shape index (κ2) is 6.69. The van der Waals surface area contributed by atoms with Crippen molar-refractivity contribution in [3.63, 3.8) is 0 Å². The van der Waals surface area contributed by atoms with Gasteiger partial charge in [-0.3, -0.25) is 4.79 Å². The molecule has 0 aliphatic carbocycles. The molecule has 2 rings (SSSR count). The zero-order valence-corrected chi connectivity index (χ0v) is 13.7. The molecule has 6 N–H and O–H groups in total. The molecule has 0 aromatic heterocycles. The zero-order chi connectivity index (χ0) is 17.9. The summed E-state index contributed by atoms with van der Waals surface area (Å²) in [5, 5.41) is 5.29. The summed E-state index contributed by atoms with van der Waals surface area (Å²) in [4.78, 5) is 16.7. The number of sulfonamides is 1. The molecule has 126 valence electrons. The minimum atomic E-state index is -4.08. The van der Waals surface area contributed by atoms with Crippen LogP contribution in [0.5, 0.6) is 0 Å². The number of para-hydroxylation sites is 1. The first-order valence-electron chi connectivity index (χ1n) is 6.79. The summed E-state index contributed by atoms with van der Waals surface area (Å²) in [6.07, 6.45) is 0. The van der Waals surface area contributed by atoms with E-state index in [0.717, 1.165) is 11.8 Å². The van der Waals surface area contributed by atoms with Crippen LogP contribution in [0.15, 0.2) is 58.4 Å². The Morgan fingerprint density at radius 2 is 1.71 bits per heavy atom. The molecule has 2 aromatic rings. The molecule has 0 atom stereocenters. The molecule has 0 heterocycles. The number of carbonyl (C=O) groups excluding carboxylic acids is 1. The summed E-state index contributed by atoms with van der Waals surface area (Å²) in [7, 11) is -2.38. The van der Waals surface area contributed by atoms with Crippen LogP contribution in [0.2, 0.25) is 0 Å². The molecule has 0 unspecified atom stereocenters. The maximum Gasteiger partial charge on any atom is 0.280 e. The van der Waals surface area contributed by atoms with Gasteiger partial charge in [-0.25, -0.2) is 13.6 Å². The Bertz CT molecular complexity index is 891. The normalized spacial score (nSPS) is 10.9. The van der Waals surface area contributed by atoms with Crippen molar-refractivity contribution in [2.75, 3.05) is 11.9 Å². The third-order valence-electron chi connectivity index (χ3n) is 3.25. The van der Waals surface area contributed by atoms with Gasteiger partial charge in [0, 0.05) is 18.3 Å². The fourth-order valence-electron chi connectivity index (χ4n) is 2.12. The first-order valence-corrected chi connectivity index (χ1v) is 8.34. The summed E-state index contributed by atoms with van der Waals surface area (Å²) < 4.78 is 23.9. The number of primary sulfonamides is 1. The standard InChI is InChI=1S/C15H17N5O3S/c1-20(11-5-3-2-4-6-11)12-8-7-10(14(21)19-15(16)17)9-13(12)24(18,22)23/h2-9H,1H3,(H2,18,22,23)(H4,16,17,19,21). The van der Waals surface area contributed by atoms with E-state index in [1.165, 1.54) is 12.1 Å². The molecule has 9 heteroatoms. The van der Waals surface area contributed by atoms with Gasteiger partial charge in [-0.1, -0.05) is 18.2 Å². The highest BCUT2D eigenvalue weighted by atomic mass is 32.2. The minimum Gasteiger partial charge on any atom is -0.370 e. The number of hydrogen-bond acceptors (Lipinski definition) is 4. The number of carbonyl (C=O) groups is 1. The van der Waals surface area contributed by atoms with Crippen LogP contribution in [0, 0.1) is 0 Å². The molecular weight excluding hydrogens is 330 g/mol. The van der Waals surface area contributed by atoms with E-state index in [1.54, 1.807) is 11.9 Å². The number of amides is 1. The first-order chi connectivity index (χ1) is 11.2. The first kappa shape index (κ1) is 17.4. The molecule has 0 fully saturated rings. The topological polar surface area (TPSA) is 145 Å². The van der Waals surface area contributed by atoms with Gasteiger partial charge in [-0.2, -0.15) is 4.99 Å². The van der Waals surface area contributed by atoms with Gasteiger partial charge in [0.15, 0.2) is 5.96 Å². The van der Waals surface area contributed by atoms with Crippen molar-refractivity contribution in [1.82, 2.24) is 0 Å². The number of aliphatic imine (C=N–C) groups is 1. The van der Waals surface area contributed by atoms with Crippen LogP contribution in [-0.4, -0.2) is 27.3 Å². The number of benzene rings is 2. The second-order valence-corrected chi connectivity index (χ2v) is 6.49. The van der Waals surface area contributed by atoms with Crippen molar-refractivity contribution >= 4 is 33.3 Å². The largest absolute Gasteiger partial charge is 0.370 e. The van der Waals surface area contributed by atoms with Gasteiger partial charge in [-0.15, -0.1) is 0 Å². The zero-order valence-electron chi connectivity index (χ0n) is 12.9. The van der Waals surface area contributed by atoms with E-state index in [1.807, 2.05) is 30.3 Å². The summed E-state index contributed by atoms with van der Waals surface area (Å²) in [6, 6.07) is 13.2. The molecule has 0 aliphatic heterocycles. The van der Waals surface area contributed by atoms with Crippen LogP contribution in [0.3, 0.4) is 0 Å². The van der Waals surface area contributed by atoms with Crippen LogP contribution in [0.4, 0.5) is 11.4 Å². The van der Waals surface area contributed by atoms with Crippen LogP contribution in [0.1, 0.15) is 10.4 Å². The number of rotatable bonds is 4. The minimum absolute atomic E-state index is 0.0117. The molecule has 0 radical (unpaired) electrons. The van der Waals surface area contributed by atoms with Gasteiger partial charge >= 0.3 is 0 Å². The quantitative estimate of drug-likeness (QED) is 0.543. The van der Waals surface area contributed by atoms with Gasteiger partial charge in [0.2, 0.25) is 10.0 Å². The monoisotopic (exact) mass is 347 g/mol. The Balaban J connectivity index is 2.57. The van der Waals surface area contributed by atoms with E-state index < -0.39 is 21.9 Å². The highest BCUT2D eigenvalue weighted by molar-refractivity contribution is 7.89. The van der Waals surface area contributed by atoms with E-state index in [2.05, 4.69) is 4.99 Å². The third kappa shape index (κ3) is 3.89. The molecule has 0 bridgehead atoms. The van der Waals surface area contributed by atoms with Crippen molar-refractivity contribution in [2.24, 2.45) is 21.6 Å². The van der Waals surface area contributed by atoms with Crippen LogP contribution >= 0.6 is 0 Å². The van der Waals surface area contributed by atoms with E-state index in [9.17, 15) is 13.2 Å². The van der Waals surface area contributed by atoms with Crippen molar-refractivity contribution in [3.8, 4) is 0 Å². The summed E-state index contributed by atoms with van der Waals surface area (Å²) >= 11 is 0. The fraction of sp³-hybridized carbons (Fsp3) is 0.0667. The summed E-state index contributed by atoms with van der Waals surface area (Å²) in [6.45, 7) is 0. The van der Waals surface area contributed by atoms with Gasteiger partial charge < -0.3 is 16.4 Å². The van der Waals surface area contributed by atoms with Crippen molar-refractivity contribution in [2.45, 2.75) is 4.90 Å². The molecule has 0 aliphatic rings. The molecular formula is C15H17N5O3S. The number of hydrogen-bond donors (Lipinski definition) is 3. The van der Waals surface area contributed by atoms with Crippen molar-refractivity contribution in [3.05, 3.63) is 54.1 Å². The lowest BCUT2D eigenvalue weighted by Gasteiger charge is -2.22. The number of nitrogens with two attached hydrogens (primary N) is 3. The van der Waals surface area contributed by atoms with Crippen LogP contribution < -0.4 is 21.5 Å². The highest BCUT2D eigenvalue weighted by Gasteiger charge is 2.20. The Morgan fingerprint density at radius 1 is 1.08 bits per heavy atom. The SMILES string of the molecule is CN(c1ccccc1)c1ccc(C(=O)N=C(N)N)cc1S(N)(=O)=O. The second-order valence-electron chi connectivity index (χ2n) is 4.96. The van der Waals surface area contributed by atoms with E-state index in [-0.39, 0.29) is 10.5 Å². The average Bonchev–Trinajstić information content (AvgIpc) is 2.53. The van der Waals surface area contributed by atoms with Crippen LogP contribution in [-0.2, 0) is 10.0 Å². The maximum absolute atomic E-state index is 11.9. The molecule has 8 nitrogen and oxygen atoms in total. The molecule has 0 saturated heterocycles. The van der Waals surface area contributed by atoms with Gasteiger partial charge in [0.1, 0.15) is 4.90 Å². The predicted molar refractivity (Wildman–Crippen MR) is 92.5 cm³/mol. The predicted octanol–water partition coefficient (Wildman–Crippen LogP) is 0.516. The lowest BCUT2D eigenvalue weighted by Crippen LogP contribution is -2.24. The molecule has 2 aromatic carbocycles. The Hall–Kier alpha value is -2.91. The van der Waals surface area contributed by atoms with Crippen molar-refractivity contribution in [1.29, 1.82) is 0 Å².